The molecule has 1 aromatic heterocycles. The average Bonchev–Trinajstić information content (AvgIpc) is 2.63. The Morgan fingerprint density at radius 2 is 2.25 bits per heavy atom. The van der Waals surface area contributed by atoms with Crippen LogP contribution in [0.3, 0.4) is 0 Å². The van der Waals surface area contributed by atoms with E-state index in [-0.39, 0.29) is 0 Å². The predicted octanol–water partition coefficient (Wildman–Crippen LogP) is 1.80. The summed E-state index contributed by atoms with van der Waals surface area (Å²) in [6, 6.07) is 5.28. The molecule has 0 fully saturated rings. The highest BCUT2D eigenvalue weighted by Crippen LogP contribution is 2.22. The maximum Gasteiger partial charge on any atom is 0.347 e. The predicted molar refractivity (Wildman–Crippen MR) is 58.4 cm³/mol. The maximum atomic E-state index is 10.9. The van der Waals surface area contributed by atoms with Crippen molar-refractivity contribution in [2.45, 2.75) is 19.4 Å². The number of aromatic amines is 1. The molecule has 0 radical (unpaired) electrons. The van der Waals surface area contributed by atoms with E-state index in [9.17, 15) is 4.79 Å². The minimum absolute atomic E-state index is 0.504. The molecule has 0 unspecified atom stereocenters. The van der Waals surface area contributed by atoms with Crippen LogP contribution >= 0.6 is 0 Å². The minimum Gasteiger partial charge on any atom is -0.478 e. The number of carboxylic acid groups (broad SMARTS) is 1. The number of hydrogen-bond acceptors (Lipinski definition) is 3. The van der Waals surface area contributed by atoms with Crippen molar-refractivity contribution in [2.75, 3.05) is 0 Å². The van der Waals surface area contributed by atoms with Gasteiger partial charge in [0.05, 0.1) is 11.7 Å². The summed E-state index contributed by atoms with van der Waals surface area (Å²) in [5.41, 5.74) is -0.424. The van der Waals surface area contributed by atoms with E-state index in [1.807, 2.05) is 6.07 Å². The summed E-state index contributed by atoms with van der Waals surface area (Å²) in [5, 5.41) is 16.6. The van der Waals surface area contributed by atoms with Crippen molar-refractivity contribution < 1.29 is 14.6 Å². The summed E-state index contributed by atoms with van der Waals surface area (Å²) in [6.45, 7) is 3.01. The summed E-state index contributed by atoms with van der Waals surface area (Å²) in [7, 11) is 0. The van der Waals surface area contributed by atoms with Crippen LogP contribution in [-0.4, -0.2) is 26.9 Å². The molecule has 0 atom stereocenters. The van der Waals surface area contributed by atoms with Crippen molar-refractivity contribution in [3.8, 4) is 5.75 Å². The van der Waals surface area contributed by atoms with Gasteiger partial charge in [-0.15, -0.1) is 0 Å². The molecule has 5 nitrogen and oxygen atoms in total. The number of benzene rings is 1. The summed E-state index contributed by atoms with van der Waals surface area (Å²) in [6.07, 6.45) is 1.70. The summed E-state index contributed by atoms with van der Waals surface area (Å²) in [5.74, 6) is -0.499. The smallest absolute Gasteiger partial charge is 0.347 e. The molecule has 0 spiro atoms. The summed E-state index contributed by atoms with van der Waals surface area (Å²) in [4.78, 5) is 10.9. The number of hydrogen-bond donors (Lipinski definition) is 2. The van der Waals surface area contributed by atoms with Gasteiger partial charge in [-0.25, -0.2) is 4.79 Å². The highest BCUT2D eigenvalue weighted by atomic mass is 16.5. The second-order valence-electron chi connectivity index (χ2n) is 4.04. The first-order valence-electron chi connectivity index (χ1n) is 4.84. The Balaban J connectivity index is 2.30. The molecule has 0 saturated carbocycles. The fraction of sp³-hybridized carbons (Fsp3) is 0.273. The molecular formula is C11H12N2O3. The fourth-order valence-electron chi connectivity index (χ4n) is 1.32. The number of nitrogens with zero attached hydrogens (tertiary/aromatic N) is 1. The lowest BCUT2D eigenvalue weighted by atomic mass is 10.1. The number of ether oxygens (including phenoxy) is 1. The number of rotatable bonds is 3. The van der Waals surface area contributed by atoms with Crippen LogP contribution in [0.2, 0.25) is 0 Å². The van der Waals surface area contributed by atoms with Crippen LogP contribution < -0.4 is 4.74 Å². The van der Waals surface area contributed by atoms with Crippen molar-refractivity contribution in [3.05, 3.63) is 24.4 Å². The normalized spacial score (nSPS) is 11.6. The third-order valence-corrected chi connectivity index (χ3v) is 2.30. The van der Waals surface area contributed by atoms with Crippen LogP contribution in [0.5, 0.6) is 5.75 Å². The van der Waals surface area contributed by atoms with E-state index in [2.05, 4.69) is 10.2 Å². The van der Waals surface area contributed by atoms with Crippen molar-refractivity contribution in [3.63, 3.8) is 0 Å². The van der Waals surface area contributed by atoms with Gasteiger partial charge >= 0.3 is 5.97 Å². The molecule has 0 amide bonds. The van der Waals surface area contributed by atoms with Crippen LogP contribution in [0.25, 0.3) is 10.9 Å². The van der Waals surface area contributed by atoms with Gasteiger partial charge in [0.25, 0.3) is 0 Å². The number of aliphatic carboxylic acids is 1. The third-order valence-electron chi connectivity index (χ3n) is 2.30. The average molecular weight is 220 g/mol. The van der Waals surface area contributed by atoms with Gasteiger partial charge in [0.15, 0.2) is 5.60 Å². The summed E-state index contributed by atoms with van der Waals surface area (Å²) >= 11 is 0. The first-order chi connectivity index (χ1) is 7.49. The Bertz CT molecular complexity index is 531. The van der Waals surface area contributed by atoms with Crippen molar-refractivity contribution in [1.82, 2.24) is 10.2 Å². The lowest BCUT2D eigenvalue weighted by molar-refractivity contribution is -0.152. The van der Waals surface area contributed by atoms with Gasteiger partial charge in [0.1, 0.15) is 5.75 Å². The number of aromatic nitrogens is 2. The van der Waals surface area contributed by atoms with Gasteiger partial charge in [-0.05, 0) is 26.0 Å². The van der Waals surface area contributed by atoms with Gasteiger partial charge in [-0.1, -0.05) is 0 Å². The molecule has 0 aliphatic carbocycles. The van der Waals surface area contributed by atoms with E-state index in [1.165, 1.54) is 13.8 Å². The van der Waals surface area contributed by atoms with Crippen LogP contribution in [-0.2, 0) is 4.79 Å². The lowest BCUT2D eigenvalue weighted by Gasteiger charge is -2.21. The van der Waals surface area contributed by atoms with Crippen LogP contribution in [0.15, 0.2) is 24.4 Å². The zero-order valence-corrected chi connectivity index (χ0v) is 9.02. The molecule has 0 bridgehead atoms. The molecule has 16 heavy (non-hydrogen) atoms. The fourth-order valence-corrected chi connectivity index (χ4v) is 1.32. The first-order valence-corrected chi connectivity index (χ1v) is 4.84. The monoisotopic (exact) mass is 220 g/mol. The Morgan fingerprint density at radius 1 is 1.50 bits per heavy atom. The first kappa shape index (κ1) is 10.5. The number of nitrogens with one attached hydrogen (secondary N) is 1. The van der Waals surface area contributed by atoms with Gasteiger partial charge in [-0.2, -0.15) is 5.10 Å². The molecule has 1 heterocycles. The molecule has 84 valence electrons. The third kappa shape index (κ3) is 1.84. The van der Waals surface area contributed by atoms with E-state index < -0.39 is 11.6 Å². The Kier molecular flexibility index (Phi) is 2.30. The number of H-pyrrole nitrogens is 1. The molecule has 5 heteroatoms. The van der Waals surface area contributed by atoms with Gasteiger partial charge in [0.2, 0.25) is 0 Å². The van der Waals surface area contributed by atoms with Crippen LogP contribution in [0.4, 0.5) is 0 Å². The molecule has 2 N–H and O–H groups in total. The Labute approximate surface area is 92.0 Å². The van der Waals surface area contributed by atoms with Crippen molar-refractivity contribution in [2.24, 2.45) is 0 Å². The van der Waals surface area contributed by atoms with Gasteiger partial charge < -0.3 is 9.84 Å². The zero-order chi connectivity index (χ0) is 11.8. The van der Waals surface area contributed by atoms with Crippen molar-refractivity contribution in [1.29, 1.82) is 0 Å². The maximum absolute atomic E-state index is 10.9. The largest absolute Gasteiger partial charge is 0.478 e. The van der Waals surface area contributed by atoms with Crippen LogP contribution in [0, 0.1) is 0 Å². The molecule has 2 aromatic rings. The van der Waals surface area contributed by atoms with Crippen LogP contribution in [0.1, 0.15) is 13.8 Å². The van der Waals surface area contributed by atoms with Crippen molar-refractivity contribution >= 4 is 16.9 Å². The van der Waals surface area contributed by atoms with E-state index >= 15 is 0 Å². The molecular weight excluding hydrogens is 208 g/mol. The highest BCUT2D eigenvalue weighted by molar-refractivity contribution is 5.80. The van der Waals surface area contributed by atoms with Gasteiger partial charge in [0, 0.05) is 11.5 Å². The molecule has 0 aliphatic rings. The minimum atomic E-state index is -1.24. The second-order valence-corrected chi connectivity index (χ2v) is 4.04. The molecule has 0 aliphatic heterocycles. The van der Waals surface area contributed by atoms with E-state index in [4.69, 9.17) is 9.84 Å². The van der Waals surface area contributed by atoms with Gasteiger partial charge in [-0.3, -0.25) is 5.10 Å². The van der Waals surface area contributed by atoms with E-state index in [1.54, 1.807) is 18.3 Å². The zero-order valence-electron chi connectivity index (χ0n) is 9.02. The SMILES string of the molecule is CC(C)(Oc1ccc2cn[nH]c2c1)C(=O)O. The molecule has 0 saturated heterocycles. The standard InChI is InChI=1S/C11H12N2O3/c1-11(2,10(14)15)16-8-4-3-7-6-12-13-9(7)5-8/h3-6H,1-2H3,(H,12,13)(H,14,15). The lowest BCUT2D eigenvalue weighted by Crippen LogP contribution is -2.37. The molecule has 2 rings (SSSR count). The summed E-state index contributed by atoms with van der Waals surface area (Å²) < 4.78 is 5.39. The number of fused-ring (bicyclic) bond motifs is 1. The highest BCUT2D eigenvalue weighted by Gasteiger charge is 2.29. The molecule has 1 aromatic carbocycles. The van der Waals surface area contributed by atoms with E-state index in [0.717, 1.165) is 10.9 Å². The second kappa shape index (κ2) is 3.52. The Hall–Kier alpha value is -2.04. The quantitative estimate of drug-likeness (QED) is 0.827. The Morgan fingerprint density at radius 3 is 2.94 bits per heavy atom. The van der Waals surface area contributed by atoms with E-state index in [0.29, 0.717) is 5.75 Å². The number of carboxylic acids is 1. The topological polar surface area (TPSA) is 75.2 Å². The number of carbonyl (C=O) groups is 1.